The van der Waals surface area contributed by atoms with Gasteiger partial charge in [-0.25, -0.2) is 9.97 Å². The maximum Gasteiger partial charge on any atom is 0.221 e. The predicted molar refractivity (Wildman–Crippen MR) is 78.1 cm³/mol. The average Bonchev–Trinajstić information content (AvgIpc) is 2.46. The second-order valence-electron chi connectivity index (χ2n) is 4.29. The van der Waals surface area contributed by atoms with E-state index in [1.807, 2.05) is 25.1 Å². The Morgan fingerprint density at radius 2 is 2.00 bits per heavy atom. The lowest BCUT2D eigenvalue weighted by molar-refractivity contribution is 0.393. The van der Waals surface area contributed by atoms with Crippen LogP contribution in [0.4, 0.5) is 11.5 Å². The van der Waals surface area contributed by atoms with Crippen molar-refractivity contribution in [3.8, 4) is 11.6 Å². The van der Waals surface area contributed by atoms with Crippen LogP contribution < -0.4 is 20.5 Å². The number of anilines is 2. The number of nitrogens with two attached hydrogens (primary N) is 1. The molecule has 0 fully saturated rings. The number of nitrogens with zero attached hydrogens (tertiary/aromatic N) is 2. The average molecular weight is 274 g/mol. The molecule has 1 heterocycles. The van der Waals surface area contributed by atoms with E-state index in [4.69, 9.17) is 15.2 Å². The van der Waals surface area contributed by atoms with Gasteiger partial charge in [-0.15, -0.1) is 0 Å². The maximum absolute atomic E-state index is 5.88. The highest BCUT2D eigenvalue weighted by Crippen LogP contribution is 2.23. The van der Waals surface area contributed by atoms with Gasteiger partial charge in [0, 0.05) is 6.54 Å². The van der Waals surface area contributed by atoms with Gasteiger partial charge in [0.25, 0.3) is 0 Å². The highest BCUT2D eigenvalue weighted by Gasteiger charge is 2.07. The Labute approximate surface area is 118 Å². The number of ether oxygens (including phenoxy) is 2. The number of nitrogen functional groups attached to an aromatic ring is 1. The summed E-state index contributed by atoms with van der Waals surface area (Å²) in [5.74, 6) is 1.98. The minimum absolute atomic E-state index is 0.566. The van der Waals surface area contributed by atoms with Crippen molar-refractivity contribution in [2.45, 2.75) is 13.5 Å². The van der Waals surface area contributed by atoms with Crippen LogP contribution in [0.15, 0.2) is 24.5 Å². The lowest BCUT2D eigenvalue weighted by Crippen LogP contribution is -2.05. The van der Waals surface area contributed by atoms with Crippen molar-refractivity contribution >= 4 is 11.5 Å². The summed E-state index contributed by atoms with van der Waals surface area (Å²) < 4.78 is 10.3. The van der Waals surface area contributed by atoms with Gasteiger partial charge in [-0.05, 0) is 24.6 Å². The molecular formula is C14H18N4O2. The van der Waals surface area contributed by atoms with E-state index >= 15 is 0 Å². The molecular weight excluding hydrogens is 256 g/mol. The van der Waals surface area contributed by atoms with Gasteiger partial charge in [0.2, 0.25) is 5.88 Å². The third kappa shape index (κ3) is 2.90. The van der Waals surface area contributed by atoms with Gasteiger partial charge in [-0.2, -0.15) is 0 Å². The molecule has 0 aliphatic heterocycles. The molecule has 0 aliphatic rings. The minimum atomic E-state index is 0.566. The van der Waals surface area contributed by atoms with Crippen LogP contribution in [0.1, 0.15) is 11.1 Å². The van der Waals surface area contributed by atoms with E-state index < -0.39 is 0 Å². The van der Waals surface area contributed by atoms with Crippen LogP contribution in [0.25, 0.3) is 0 Å². The monoisotopic (exact) mass is 274 g/mol. The first-order valence-electron chi connectivity index (χ1n) is 6.17. The third-order valence-electron chi connectivity index (χ3n) is 2.99. The van der Waals surface area contributed by atoms with Gasteiger partial charge in [0.05, 0.1) is 25.5 Å². The zero-order valence-corrected chi connectivity index (χ0v) is 11.8. The first-order valence-corrected chi connectivity index (χ1v) is 6.17. The number of hydrogen-bond acceptors (Lipinski definition) is 6. The summed E-state index contributed by atoms with van der Waals surface area (Å²) in [6.07, 6.45) is 1.47. The van der Waals surface area contributed by atoms with Gasteiger partial charge < -0.3 is 20.5 Å². The molecule has 1 aromatic carbocycles. The van der Waals surface area contributed by atoms with Crippen LogP contribution in [0.2, 0.25) is 0 Å². The third-order valence-corrected chi connectivity index (χ3v) is 2.99. The molecule has 6 heteroatoms. The van der Waals surface area contributed by atoms with Crippen molar-refractivity contribution in [2.24, 2.45) is 0 Å². The molecule has 0 amide bonds. The molecule has 0 bridgehead atoms. The van der Waals surface area contributed by atoms with Crippen molar-refractivity contribution in [3.63, 3.8) is 0 Å². The largest absolute Gasteiger partial charge is 0.495 e. The highest BCUT2D eigenvalue weighted by molar-refractivity contribution is 5.55. The molecule has 20 heavy (non-hydrogen) atoms. The number of methoxy groups -OCH3 is 2. The normalized spacial score (nSPS) is 10.2. The van der Waals surface area contributed by atoms with Crippen molar-refractivity contribution in [1.29, 1.82) is 0 Å². The van der Waals surface area contributed by atoms with Crippen LogP contribution in [-0.4, -0.2) is 24.2 Å². The van der Waals surface area contributed by atoms with Gasteiger partial charge in [0.1, 0.15) is 17.9 Å². The summed E-state index contributed by atoms with van der Waals surface area (Å²) in [5, 5.41) is 3.24. The van der Waals surface area contributed by atoms with E-state index in [-0.39, 0.29) is 0 Å². The first kappa shape index (κ1) is 13.9. The van der Waals surface area contributed by atoms with Crippen LogP contribution in [0.5, 0.6) is 11.6 Å². The van der Waals surface area contributed by atoms with Gasteiger partial charge in [-0.1, -0.05) is 6.07 Å². The second-order valence-corrected chi connectivity index (χ2v) is 4.29. The van der Waals surface area contributed by atoms with Crippen molar-refractivity contribution in [1.82, 2.24) is 9.97 Å². The topological polar surface area (TPSA) is 82.3 Å². The molecule has 2 aromatic rings. The van der Waals surface area contributed by atoms with Crippen molar-refractivity contribution in [3.05, 3.63) is 35.7 Å². The number of nitrogens with one attached hydrogen (secondary N) is 1. The summed E-state index contributed by atoms with van der Waals surface area (Å²) in [6, 6.07) is 5.68. The molecule has 0 aliphatic carbocycles. The molecule has 6 nitrogen and oxygen atoms in total. The Bertz CT molecular complexity index is 602. The summed E-state index contributed by atoms with van der Waals surface area (Å²) in [7, 11) is 3.18. The Hall–Kier alpha value is -2.50. The quantitative estimate of drug-likeness (QED) is 0.811. The van der Waals surface area contributed by atoms with Gasteiger partial charge in [-0.3, -0.25) is 0 Å². The summed E-state index contributed by atoms with van der Waals surface area (Å²) in [6.45, 7) is 2.51. The summed E-state index contributed by atoms with van der Waals surface area (Å²) in [5.41, 5.74) is 8.41. The molecule has 2 rings (SSSR count). The number of rotatable bonds is 5. The molecule has 0 radical (unpaired) electrons. The van der Waals surface area contributed by atoms with Gasteiger partial charge in [0.15, 0.2) is 0 Å². The molecule has 0 atom stereocenters. The smallest absolute Gasteiger partial charge is 0.221 e. The summed E-state index contributed by atoms with van der Waals surface area (Å²) >= 11 is 0. The molecule has 0 saturated heterocycles. The number of hydrogen-bond donors (Lipinski definition) is 2. The Balaban J connectivity index is 2.11. The van der Waals surface area contributed by atoms with E-state index in [9.17, 15) is 0 Å². The van der Waals surface area contributed by atoms with Crippen LogP contribution in [-0.2, 0) is 6.54 Å². The molecule has 0 unspecified atom stereocenters. The lowest BCUT2D eigenvalue weighted by Gasteiger charge is -2.11. The Kier molecular flexibility index (Phi) is 4.24. The zero-order chi connectivity index (χ0) is 14.5. The first-order chi connectivity index (χ1) is 9.65. The van der Waals surface area contributed by atoms with E-state index in [1.165, 1.54) is 6.33 Å². The zero-order valence-electron chi connectivity index (χ0n) is 11.8. The van der Waals surface area contributed by atoms with Gasteiger partial charge >= 0.3 is 0 Å². The molecule has 106 valence electrons. The molecule has 0 saturated carbocycles. The molecule has 3 N–H and O–H groups in total. The van der Waals surface area contributed by atoms with Crippen molar-refractivity contribution < 1.29 is 9.47 Å². The predicted octanol–water partition coefficient (Wildman–Crippen LogP) is 2.00. The SMILES string of the molecule is COc1ccc(CNc2ncnc(OC)c2C)cc1N. The van der Waals surface area contributed by atoms with E-state index in [0.29, 0.717) is 23.9 Å². The maximum atomic E-state index is 5.88. The van der Waals surface area contributed by atoms with E-state index in [2.05, 4.69) is 15.3 Å². The summed E-state index contributed by atoms with van der Waals surface area (Å²) in [4.78, 5) is 8.24. The highest BCUT2D eigenvalue weighted by atomic mass is 16.5. The standard InChI is InChI=1S/C14H18N4O2/c1-9-13(17-8-18-14(9)20-3)16-7-10-4-5-12(19-2)11(15)6-10/h4-6,8H,7,15H2,1-3H3,(H,16,17,18). The fourth-order valence-electron chi connectivity index (χ4n) is 1.90. The van der Waals surface area contributed by atoms with Crippen LogP contribution in [0.3, 0.4) is 0 Å². The number of benzene rings is 1. The Morgan fingerprint density at radius 1 is 1.20 bits per heavy atom. The lowest BCUT2D eigenvalue weighted by atomic mass is 10.2. The Morgan fingerprint density at radius 3 is 2.65 bits per heavy atom. The second kappa shape index (κ2) is 6.10. The van der Waals surface area contributed by atoms with Crippen molar-refractivity contribution in [2.75, 3.05) is 25.3 Å². The van der Waals surface area contributed by atoms with E-state index in [1.54, 1.807) is 14.2 Å². The van der Waals surface area contributed by atoms with E-state index in [0.717, 1.165) is 16.9 Å². The molecule has 1 aromatic heterocycles. The fourth-order valence-corrected chi connectivity index (χ4v) is 1.90. The fraction of sp³-hybridized carbons (Fsp3) is 0.286. The molecule has 0 spiro atoms. The van der Waals surface area contributed by atoms with Crippen LogP contribution in [0, 0.1) is 6.92 Å². The van der Waals surface area contributed by atoms with Crippen LogP contribution >= 0.6 is 0 Å². The number of aromatic nitrogens is 2. The minimum Gasteiger partial charge on any atom is -0.495 e.